The smallest absolute Gasteiger partial charge is 0.146 e. The fourth-order valence-corrected chi connectivity index (χ4v) is 9.06. The van der Waals surface area contributed by atoms with Crippen LogP contribution >= 0.6 is 0 Å². The van der Waals surface area contributed by atoms with Gasteiger partial charge in [-0.15, -0.1) is 0 Å². The molecule has 55 heavy (non-hydrogen) atoms. The summed E-state index contributed by atoms with van der Waals surface area (Å²) in [5, 5.41) is 10.5. The lowest BCUT2D eigenvalue weighted by atomic mass is 9.85. The molecule has 0 atom stereocenters. The van der Waals surface area contributed by atoms with Gasteiger partial charge in [-0.2, -0.15) is 0 Å². The van der Waals surface area contributed by atoms with E-state index in [1.54, 1.807) is 0 Å². The van der Waals surface area contributed by atoms with Gasteiger partial charge < -0.3 is 13.4 Å². The molecule has 3 aromatic heterocycles. The highest BCUT2D eigenvalue weighted by Crippen LogP contribution is 2.48. The second-order valence-electron chi connectivity index (χ2n) is 14.4. The Hall–Kier alpha value is -7.36. The van der Waals surface area contributed by atoms with Crippen molar-refractivity contribution in [1.29, 1.82) is 0 Å². The largest absolute Gasteiger partial charge is 0.456 e. The van der Waals surface area contributed by atoms with Crippen molar-refractivity contribution < 1.29 is 8.83 Å². The second kappa shape index (κ2) is 11.6. The number of rotatable bonds is 4. The van der Waals surface area contributed by atoms with Crippen molar-refractivity contribution in [3.8, 4) is 39.3 Å². The Balaban J connectivity index is 1.13. The van der Waals surface area contributed by atoms with Crippen LogP contribution in [0.15, 0.2) is 197 Å². The first kappa shape index (κ1) is 30.1. The third-order valence-corrected chi connectivity index (χ3v) is 11.4. The minimum Gasteiger partial charge on any atom is -0.456 e. The predicted molar refractivity (Wildman–Crippen MR) is 229 cm³/mol. The Morgan fingerprint density at radius 1 is 0.345 bits per heavy atom. The third-order valence-electron chi connectivity index (χ3n) is 11.4. The summed E-state index contributed by atoms with van der Waals surface area (Å²) in [5.74, 6) is 0.832. The first-order valence-electron chi connectivity index (χ1n) is 18.8. The molecule has 3 heteroatoms. The normalized spacial score (nSPS) is 12.0. The fourth-order valence-electron chi connectivity index (χ4n) is 9.06. The summed E-state index contributed by atoms with van der Waals surface area (Å²) in [4.78, 5) is 0. The summed E-state index contributed by atoms with van der Waals surface area (Å²) >= 11 is 0. The van der Waals surface area contributed by atoms with Gasteiger partial charge in [0.2, 0.25) is 0 Å². The lowest BCUT2D eigenvalue weighted by Crippen LogP contribution is -1.94. The summed E-state index contributed by atoms with van der Waals surface area (Å²) < 4.78 is 15.5. The van der Waals surface area contributed by atoms with Gasteiger partial charge >= 0.3 is 0 Å². The van der Waals surface area contributed by atoms with Crippen molar-refractivity contribution >= 4 is 76.3 Å². The quantitative estimate of drug-likeness (QED) is 0.171. The van der Waals surface area contributed by atoms with Crippen LogP contribution in [-0.4, -0.2) is 4.57 Å². The maximum absolute atomic E-state index is 6.75. The van der Waals surface area contributed by atoms with Gasteiger partial charge in [0, 0.05) is 32.8 Å². The monoisotopic (exact) mass is 701 g/mol. The molecule has 0 saturated carbocycles. The minimum atomic E-state index is 0.815. The summed E-state index contributed by atoms with van der Waals surface area (Å²) in [7, 11) is 0. The molecule has 12 rings (SSSR count). The van der Waals surface area contributed by atoms with Crippen molar-refractivity contribution in [2.24, 2.45) is 0 Å². The van der Waals surface area contributed by atoms with E-state index in [9.17, 15) is 0 Å². The van der Waals surface area contributed by atoms with Gasteiger partial charge in [0.1, 0.15) is 22.5 Å². The third kappa shape index (κ3) is 4.38. The van der Waals surface area contributed by atoms with E-state index >= 15 is 0 Å². The molecule has 0 aliphatic rings. The van der Waals surface area contributed by atoms with E-state index < -0.39 is 0 Å². The molecular weight excluding hydrogens is 671 g/mol. The zero-order valence-electron chi connectivity index (χ0n) is 29.7. The zero-order chi connectivity index (χ0) is 36.0. The van der Waals surface area contributed by atoms with E-state index in [2.05, 4.69) is 174 Å². The highest BCUT2D eigenvalue weighted by Gasteiger charge is 2.22. The minimum absolute atomic E-state index is 0.815. The zero-order valence-corrected chi connectivity index (χ0v) is 29.7. The highest BCUT2D eigenvalue weighted by molar-refractivity contribution is 6.27. The number of aromatic nitrogens is 1. The number of furan rings is 2. The van der Waals surface area contributed by atoms with Crippen LogP contribution in [0.5, 0.6) is 0 Å². The summed E-state index contributed by atoms with van der Waals surface area (Å²) in [6, 6.07) is 67.3. The van der Waals surface area contributed by atoms with Crippen LogP contribution in [0.2, 0.25) is 0 Å². The van der Waals surface area contributed by atoms with Crippen LogP contribution in [-0.2, 0) is 0 Å². The molecule has 3 heterocycles. The van der Waals surface area contributed by atoms with Gasteiger partial charge in [0.25, 0.3) is 0 Å². The van der Waals surface area contributed by atoms with Crippen LogP contribution in [0, 0.1) is 0 Å². The van der Waals surface area contributed by atoms with Crippen molar-refractivity contribution in [3.05, 3.63) is 188 Å². The Morgan fingerprint density at radius 3 is 1.71 bits per heavy atom. The standard InChI is InChI=1S/C52H31NO2/c1-3-14-32(15-4-1)48-31-43-46(54-48)29-28-42-51-41(23-13-25-47(51)55-52(42)43)50-39-21-9-7-19-37(39)49(38-20-8-10-22-40(38)50)33-26-27-36-35-18-11-12-24-44(35)53(45(36)30-33)34-16-5-2-6-17-34/h1-31H. The van der Waals surface area contributed by atoms with Crippen LogP contribution in [0.4, 0.5) is 0 Å². The number of para-hydroxylation sites is 2. The Kier molecular flexibility index (Phi) is 6.34. The Labute approximate surface area is 315 Å². The molecule has 0 radical (unpaired) electrons. The van der Waals surface area contributed by atoms with E-state index in [4.69, 9.17) is 8.83 Å². The number of hydrogen-bond acceptors (Lipinski definition) is 2. The molecule has 0 unspecified atom stereocenters. The van der Waals surface area contributed by atoms with Gasteiger partial charge in [0.05, 0.1) is 16.4 Å². The predicted octanol–water partition coefficient (Wildman–Crippen LogP) is 14.7. The van der Waals surface area contributed by atoms with Crippen molar-refractivity contribution in [1.82, 2.24) is 4.57 Å². The van der Waals surface area contributed by atoms with Crippen LogP contribution in [0.3, 0.4) is 0 Å². The first-order chi connectivity index (χ1) is 27.3. The number of nitrogens with zero attached hydrogens (tertiary/aromatic N) is 1. The molecule has 0 saturated heterocycles. The molecule has 0 spiro atoms. The molecule has 0 fully saturated rings. The molecule has 0 bridgehead atoms. The summed E-state index contributed by atoms with van der Waals surface area (Å²) in [6.45, 7) is 0. The molecule has 3 nitrogen and oxygen atoms in total. The molecule has 0 aliphatic heterocycles. The number of benzene rings is 9. The van der Waals surface area contributed by atoms with Gasteiger partial charge in [0.15, 0.2) is 0 Å². The Morgan fingerprint density at radius 2 is 0.964 bits per heavy atom. The van der Waals surface area contributed by atoms with E-state index in [1.165, 1.54) is 60.0 Å². The first-order valence-corrected chi connectivity index (χ1v) is 18.8. The molecule has 256 valence electrons. The van der Waals surface area contributed by atoms with Crippen molar-refractivity contribution in [2.45, 2.75) is 0 Å². The highest BCUT2D eigenvalue weighted by atomic mass is 16.3. The molecule has 0 amide bonds. The topological polar surface area (TPSA) is 31.2 Å². The summed E-state index contributed by atoms with van der Waals surface area (Å²) in [6.07, 6.45) is 0. The lowest BCUT2D eigenvalue weighted by Gasteiger charge is -2.18. The van der Waals surface area contributed by atoms with E-state index in [0.29, 0.717) is 0 Å². The van der Waals surface area contributed by atoms with Gasteiger partial charge in [-0.05, 0) is 92.3 Å². The molecule has 12 aromatic rings. The number of hydrogen-bond donors (Lipinski definition) is 0. The van der Waals surface area contributed by atoms with Crippen LogP contribution < -0.4 is 0 Å². The van der Waals surface area contributed by atoms with Crippen LogP contribution in [0.25, 0.3) is 116 Å². The second-order valence-corrected chi connectivity index (χ2v) is 14.4. The lowest BCUT2D eigenvalue weighted by molar-refractivity contribution is 0.631. The average Bonchev–Trinajstić information content (AvgIpc) is 3.95. The maximum atomic E-state index is 6.75. The molecule has 0 N–H and O–H groups in total. The number of fused-ring (bicyclic) bond motifs is 10. The SMILES string of the molecule is c1ccc(-c2cc3c(ccc4c3oc3cccc(-c5c6ccccc6c(-c6ccc7c8ccccc8n(-c8ccccc8)c7c6)c6ccccc56)c34)o2)cc1. The van der Waals surface area contributed by atoms with E-state index in [0.717, 1.165) is 55.5 Å². The van der Waals surface area contributed by atoms with Gasteiger partial charge in [-0.25, -0.2) is 0 Å². The Bertz CT molecular complexity index is 3420. The van der Waals surface area contributed by atoms with Crippen LogP contribution in [0.1, 0.15) is 0 Å². The fraction of sp³-hybridized carbons (Fsp3) is 0. The van der Waals surface area contributed by atoms with Crippen molar-refractivity contribution in [2.75, 3.05) is 0 Å². The van der Waals surface area contributed by atoms with Gasteiger partial charge in [-0.1, -0.05) is 140 Å². The molecule has 0 aliphatic carbocycles. The summed E-state index contributed by atoms with van der Waals surface area (Å²) in [5.41, 5.74) is 11.9. The van der Waals surface area contributed by atoms with E-state index in [-0.39, 0.29) is 0 Å². The maximum Gasteiger partial charge on any atom is 0.146 e. The molecule has 9 aromatic carbocycles. The van der Waals surface area contributed by atoms with Crippen molar-refractivity contribution in [3.63, 3.8) is 0 Å². The molecular formula is C52H31NO2. The van der Waals surface area contributed by atoms with E-state index in [1.807, 2.05) is 18.2 Å². The average molecular weight is 702 g/mol. The van der Waals surface area contributed by atoms with Gasteiger partial charge in [-0.3, -0.25) is 0 Å².